The van der Waals surface area contributed by atoms with E-state index >= 15 is 0 Å². The Labute approximate surface area is 183 Å². The quantitative estimate of drug-likeness (QED) is 0.642. The first-order valence-electron chi connectivity index (χ1n) is 9.60. The Morgan fingerprint density at radius 2 is 1.69 bits per heavy atom. The van der Waals surface area contributed by atoms with E-state index in [1.54, 1.807) is 51.1 Å². The third-order valence-electron chi connectivity index (χ3n) is 3.93. The van der Waals surface area contributed by atoms with E-state index in [0.717, 1.165) is 17.0 Å². The van der Waals surface area contributed by atoms with Crippen LogP contribution in [0.3, 0.4) is 0 Å². The van der Waals surface area contributed by atoms with Crippen molar-refractivity contribution in [3.8, 4) is 0 Å². The number of hydrogen-bond donors (Lipinski definition) is 2. The molecule has 0 aliphatic carbocycles. The van der Waals surface area contributed by atoms with Crippen LogP contribution < -0.4 is 5.32 Å². The third-order valence-corrected chi connectivity index (χ3v) is 3.93. The minimum Gasteiger partial charge on any atom is -0.480 e. The van der Waals surface area contributed by atoms with Crippen LogP contribution in [0.1, 0.15) is 31.9 Å². The van der Waals surface area contributed by atoms with Gasteiger partial charge in [-0.2, -0.15) is 0 Å². The summed E-state index contributed by atoms with van der Waals surface area (Å²) in [6.07, 6.45) is -1.91. The summed E-state index contributed by atoms with van der Waals surface area (Å²) in [5.74, 6) is -3.81. The smallest absolute Gasteiger partial charge is 0.412 e. The Hall–Kier alpha value is -3.69. The van der Waals surface area contributed by atoms with Gasteiger partial charge in [0.25, 0.3) is 0 Å². The molecule has 0 aliphatic rings. The van der Waals surface area contributed by atoms with E-state index in [4.69, 9.17) is 14.6 Å². The summed E-state index contributed by atoms with van der Waals surface area (Å²) in [5, 5.41) is 11.5. The van der Waals surface area contributed by atoms with Gasteiger partial charge in [0, 0.05) is 6.07 Å². The average molecular weight is 450 g/mol. The molecule has 0 unspecified atom stereocenters. The largest absolute Gasteiger partial charge is 0.480 e. The predicted octanol–water partition coefficient (Wildman–Crippen LogP) is 4.54. The zero-order chi connectivity index (χ0) is 23.9. The molecular weight excluding hydrogens is 426 g/mol. The Kier molecular flexibility index (Phi) is 8.11. The molecule has 0 radical (unpaired) electrons. The van der Waals surface area contributed by atoms with Gasteiger partial charge in [0.2, 0.25) is 0 Å². The number of aliphatic carboxylic acids is 1. The van der Waals surface area contributed by atoms with Gasteiger partial charge in [-0.15, -0.1) is 0 Å². The summed E-state index contributed by atoms with van der Waals surface area (Å²) in [6.45, 7) is 3.51. The maximum absolute atomic E-state index is 13.9. The lowest BCUT2D eigenvalue weighted by atomic mass is 10.1. The Morgan fingerprint density at radius 3 is 2.28 bits per heavy atom. The maximum Gasteiger partial charge on any atom is 0.412 e. The van der Waals surface area contributed by atoms with Gasteiger partial charge in [-0.1, -0.05) is 30.3 Å². The summed E-state index contributed by atoms with van der Waals surface area (Å²) in [5.41, 5.74) is -0.396. The minimum absolute atomic E-state index is 0.0485. The van der Waals surface area contributed by atoms with E-state index in [1.165, 1.54) is 0 Å². The lowest BCUT2D eigenvalue weighted by molar-refractivity contribution is -0.138. The number of nitrogens with one attached hydrogen (secondary N) is 1. The Bertz CT molecular complexity index is 976. The maximum atomic E-state index is 13.9. The highest BCUT2D eigenvalue weighted by molar-refractivity contribution is 5.86. The average Bonchev–Trinajstić information content (AvgIpc) is 2.68. The van der Waals surface area contributed by atoms with E-state index in [2.05, 4.69) is 5.32 Å². The number of halogens is 2. The molecule has 0 atom stereocenters. The van der Waals surface area contributed by atoms with Crippen LogP contribution in [-0.4, -0.2) is 40.3 Å². The molecule has 0 spiro atoms. The highest BCUT2D eigenvalue weighted by Crippen LogP contribution is 2.23. The van der Waals surface area contributed by atoms with E-state index in [9.17, 15) is 23.2 Å². The number of carboxylic acid groups (broad SMARTS) is 1. The molecule has 0 heterocycles. The zero-order valence-electron chi connectivity index (χ0n) is 17.9. The highest BCUT2D eigenvalue weighted by atomic mass is 19.2. The fourth-order valence-corrected chi connectivity index (χ4v) is 2.61. The van der Waals surface area contributed by atoms with Crippen molar-refractivity contribution in [1.29, 1.82) is 0 Å². The van der Waals surface area contributed by atoms with Crippen LogP contribution in [0, 0.1) is 11.6 Å². The van der Waals surface area contributed by atoms with Crippen molar-refractivity contribution in [2.24, 2.45) is 0 Å². The monoisotopic (exact) mass is 450 g/mol. The molecule has 10 heteroatoms. The number of amides is 2. The molecule has 0 bridgehead atoms. The van der Waals surface area contributed by atoms with Crippen LogP contribution in [0.25, 0.3) is 0 Å². The number of benzene rings is 2. The second-order valence-corrected chi connectivity index (χ2v) is 7.84. The molecule has 0 aliphatic heterocycles. The lowest BCUT2D eigenvalue weighted by Gasteiger charge is -2.23. The third kappa shape index (κ3) is 7.86. The Morgan fingerprint density at radius 1 is 1.06 bits per heavy atom. The molecular formula is C22H24F2N2O6. The van der Waals surface area contributed by atoms with Crippen molar-refractivity contribution in [2.75, 3.05) is 11.9 Å². The minimum atomic E-state index is -1.34. The first-order valence-corrected chi connectivity index (χ1v) is 9.60. The van der Waals surface area contributed by atoms with E-state index < -0.39 is 48.5 Å². The number of hydrogen-bond acceptors (Lipinski definition) is 5. The van der Waals surface area contributed by atoms with Crippen molar-refractivity contribution in [1.82, 2.24) is 4.90 Å². The fraction of sp³-hybridized carbons (Fsp3) is 0.318. The topological polar surface area (TPSA) is 105 Å². The van der Waals surface area contributed by atoms with E-state index in [0.29, 0.717) is 5.56 Å². The molecule has 8 nitrogen and oxygen atoms in total. The number of carbonyl (C=O) groups is 3. The highest BCUT2D eigenvalue weighted by Gasteiger charge is 2.23. The summed E-state index contributed by atoms with van der Waals surface area (Å²) in [4.78, 5) is 36.6. The number of nitrogens with zero attached hydrogens (tertiary/aromatic N) is 1. The molecule has 32 heavy (non-hydrogen) atoms. The van der Waals surface area contributed by atoms with Gasteiger partial charge in [-0.25, -0.2) is 18.4 Å². The van der Waals surface area contributed by atoms with Crippen molar-refractivity contribution in [2.45, 2.75) is 39.5 Å². The van der Waals surface area contributed by atoms with Gasteiger partial charge in [-0.05, 0) is 38.0 Å². The van der Waals surface area contributed by atoms with Crippen LogP contribution >= 0.6 is 0 Å². The molecule has 2 aromatic rings. The molecule has 0 fully saturated rings. The number of carboxylic acids is 1. The van der Waals surface area contributed by atoms with Crippen LogP contribution in [0.4, 0.5) is 24.1 Å². The summed E-state index contributed by atoms with van der Waals surface area (Å²) in [6, 6.07) is 10.2. The first kappa shape index (κ1) is 24.6. The second kappa shape index (κ2) is 10.6. The summed E-state index contributed by atoms with van der Waals surface area (Å²) < 4.78 is 37.9. The molecule has 0 saturated carbocycles. The van der Waals surface area contributed by atoms with Gasteiger partial charge in [0.15, 0.2) is 11.6 Å². The van der Waals surface area contributed by atoms with Crippen LogP contribution in [0.15, 0.2) is 42.5 Å². The number of carbonyl (C=O) groups excluding carboxylic acids is 2. The summed E-state index contributed by atoms with van der Waals surface area (Å²) in [7, 11) is 0. The molecule has 0 saturated heterocycles. The van der Waals surface area contributed by atoms with Crippen LogP contribution in [0.5, 0.6) is 0 Å². The van der Waals surface area contributed by atoms with Crippen molar-refractivity contribution >= 4 is 23.8 Å². The van der Waals surface area contributed by atoms with Crippen LogP contribution in [-0.2, 0) is 27.4 Å². The molecule has 2 aromatic carbocycles. The van der Waals surface area contributed by atoms with Crippen LogP contribution in [0.2, 0.25) is 0 Å². The second-order valence-electron chi connectivity index (χ2n) is 7.84. The van der Waals surface area contributed by atoms with Crippen molar-refractivity contribution in [3.05, 3.63) is 65.2 Å². The van der Waals surface area contributed by atoms with Crippen molar-refractivity contribution < 1.29 is 37.7 Å². The van der Waals surface area contributed by atoms with Gasteiger partial charge in [-0.3, -0.25) is 15.0 Å². The standard InChI is InChI=1S/C22H24F2N2O6/c1-22(2,3)32-20(29)25-18-10-17(24)16(23)9-15(18)11-26(12-19(27)28)21(30)31-13-14-7-5-4-6-8-14/h4-10H,11-13H2,1-3H3,(H,25,29)(H,27,28). The predicted molar refractivity (Wildman–Crippen MR) is 111 cm³/mol. The van der Waals surface area contributed by atoms with Crippen molar-refractivity contribution in [3.63, 3.8) is 0 Å². The lowest BCUT2D eigenvalue weighted by Crippen LogP contribution is -2.36. The summed E-state index contributed by atoms with van der Waals surface area (Å²) >= 11 is 0. The number of anilines is 1. The van der Waals surface area contributed by atoms with Gasteiger partial charge in [0.1, 0.15) is 18.8 Å². The molecule has 0 aromatic heterocycles. The Balaban J connectivity index is 2.23. The normalized spacial score (nSPS) is 10.9. The molecule has 2 amide bonds. The molecule has 172 valence electrons. The SMILES string of the molecule is CC(C)(C)OC(=O)Nc1cc(F)c(F)cc1CN(CC(=O)O)C(=O)OCc1ccccc1. The first-order chi connectivity index (χ1) is 14.9. The number of ether oxygens (including phenoxy) is 2. The fourth-order valence-electron chi connectivity index (χ4n) is 2.61. The van der Waals surface area contributed by atoms with Gasteiger partial charge >= 0.3 is 18.2 Å². The number of rotatable bonds is 7. The molecule has 2 N–H and O–H groups in total. The van der Waals surface area contributed by atoms with Gasteiger partial charge < -0.3 is 14.6 Å². The molecule has 2 rings (SSSR count). The zero-order valence-corrected chi connectivity index (χ0v) is 17.9. The van der Waals surface area contributed by atoms with E-state index in [1.807, 2.05) is 0 Å². The van der Waals surface area contributed by atoms with Gasteiger partial charge in [0.05, 0.1) is 12.2 Å². The van der Waals surface area contributed by atoms with E-state index in [-0.39, 0.29) is 17.9 Å².